The third-order valence-electron chi connectivity index (χ3n) is 3.60. The summed E-state index contributed by atoms with van der Waals surface area (Å²) in [6.45, 7) is 1.28. The van der Waals surface area contributed by atoms with Crippen LogP contribution in [0.25, 0.3) is 0 Å². The highest BCUT2D eigenvalue weighted by molar-refractivity contribution is 7.07. The Labute approximate surface area is 106 Å². The van der Waals surface area contributed by atoms with Gasteiger partial charge in [-0.15, -0.1) is 0 Å². The zero-order chi connectivity index (χ0) is 12.1. The fourth-order valence-electron chi connectivity index (χ4n) is 2.55. The quantitative estimate of drug-likeness (QED) is 0.862. The SMILES string of the molecule is NCC1CCCCC1C(=O)NCc1ccsc1. The minimum absolute atomic E-state index is 0.132. The van der Waals surface area contributed by atoms with Crippen molar-refractivity contribution in [3.8, 4) is 0 Å². The van der Waals surface area contributed by atoms with E-state index in [1.165, 1.54) is 12.0 Å². The monoisotopic (exact) mass is 252 g/mol. The Morgan fingerprint density at radius 1 is 1.47 bits per heavy atom. The zero-order valence-electron chi connectivity index (χ0n) is 10.0. The Morgan fingerprint density at radius 2 is 2.29 bits per heavy atom. The standard InChI is InChI=1S/C13H20N2OS/c14-7-11-3-1-2-4-12(11)13(16)15-8-10-5-6-17-9-10/h5-6,9,11-12H,1-4,7-8,14H2,(H,15,16). The van der Waals surface area contributed by atoms with Crippen molar-refractivity contribution in [3.63, 3.8) is 0 Å². The van der Waals surface area contributed by atoms with Crippen LogP contribution >= 0.6 is 11.3 Å². The predicted octanol–water partition coefficient (Wildman–Crippen LogP) is 2.13. The molecule has 0 bridgehead atoms. The Bertz CT molecular complexity index is 350. The lowest BCUT2D eigenvalue weighted by molar-refractivity contribution is -0.127. The Balaban J connectivity index is 1.85. The fraction of sp³-hybridized carbons (Fsp3) is 0.615. The number of nitrogens with two attached hydrogens (primary N) is 1. The molecule has 17 heavy (non-hydrogen) atoms. The third-order valence-corrected chi connectivity index (χ3v) is 4.33. The molecule has 1 aliphatic carbocycles. The number of amides is 1. The van der Waals surface area contributed by atoms with E-state index in [0.717, 1.165) is 19.3 Å². The largest absolute Gasteiger partial charge is 0.352 e. The van der Waals surface area contributed by atoms with Gasteiger partial charge in [-0.25, -0.2) is 0 Å². The van der Waals surface area contributed by atoms with Crippen molar-refractivity contribution in [2.45, 2.75) is 32.2 Å². The van der Waals surface area contributed by atoms with Gasteiger partial charge in [-0.3, -0.25) is 4.79 Å². The minimum atomic E-state index is 0.132. The summed E-state index contributed by atoms with van der Waals surface area (Å²) in [5, 5.41) is 7.13. The topological polar surface area (TPSA) is 55.1 Å². The van der Waals surface area contributed by atoms with Gasteiger partial charge in [-0.05, 0) is 47.7 Å². The minimum Gasteiger partial charge on any atom is -0.352 e. The van der Waals surface area contributed by atoms with Crippen molar-refractivity contribution >= 4 is 17.2 Å². The van der Waals surface area contributed by atoms with Crippen molar-refractivity contribution < 1.29 is 4.79 Å². The van der Waals surface area contributed by atoms with Crippen LogP contribution in [-0.2, 0) is 11.3 Å². The highest BCUT2D eigenvalue weighted by Crippen LogP contribution is 2.29. The second-order valence-corrected chi connectivity index (χ2v) is 5.52. The van der Waals surface area contributed by atoms with Gasteiger partial charge < -0.3 is 11.1 Å². The molecule has 4 heteroatoms. The van der Waals surface area contributed by atoms with Crippen LogP contribution < -0.4 is 11.1 Å². The van der Waals surface area contributed by atoms with Gasteiger partial charge in [0.2, 0.25) is 5.91 Å². The summed E-state index contributed by atoms with van der Waals surface area (Å²) in [7, 11) is 0. The van der Waals surface area contributed by atoms with E-state index < -0.39 is 0 Å². The molecule has 0 radical (unpaired) electrons. The van der Waals surface area contributed by atoms with Gasteiger partial charge in [0.05, 0.1) is 0 Å². The number of nitrogens with one attached hydrogen (secondary N) is 1. The van der Waals surface area contributed by atoms with E-state index in [4.69, 9.17) is 5.73 Å². The van der Waals surface area contributed by atoms with E-state index in [-0.39, 0.29) is 11.8 Å². The average Bonchev–Trinajstić information content (AvgIpc) is 2.89. The summed E-state index contributed by atoms with van der Waals surface area (Å²) in [4.78, 5) is 12.1. The first-order valence-electron chi connectivity index (χ1n) is 6.30. The lowest BCUT2D eigenvalue weighted by Gasteiger charge is -2.29. The number of thiophene rings is 1. The Morgan fingerprint density at radius 3 is 3.00 bits per heavy atom. The maximum Gasteiger partial charge on any atom is 0.223 e. The Hall–Kier alpha value is -0.870. The van der Waals surface area contributed by atoms with Gasteiger partial charge in [0.15, 0.2) is 0 Å². The second-order valence-electron chi connectivity index (χ2n) is 4.74. The van der Waals surface area contributed by atoms with E-state index in [2.05, 4.69) is 10.7 Å². The molecule has 94 valence electrons. The summed E-state index contributed by atoms with van der Waals surface area (Å²) in [5.74, 6) is 0.699. The summed E-state index contributed by atoms with van der Waals surface area (Å²) in [5.41, 5.74) is 6.93. The molecule has 1 saturated carbocycles. The van der Waals surface area contributed by atoms with E-state index >= 15 is 0 Å². The lowest BCUT2D eigenvalue weighted by Crippen LogP contribution is -2.39. The summed E-state index contributed by atoms with van der Waals surface area (Å²) < 4.78 is 0. The number of carbonyl (C=O) groups is 1. The molecule has 0 saturated heterocycles. The van der Waals surface area contributed by atoms with Crippen LogP contribution in [-0.4, -0.2) is 12.5 Å². The predicted molar refractivity (Wildman–Crippen MR) is 70.7 cm³/mol. The Kier molecular flexibility index (Phi) is 4.57. The molecule has 0 aromatic carbocycles. The molecule has 1 aliphatic rings. The van der Waals surface area contributed by atoms with Crippen LogP contribution in [0.1, 0.15) is 31.2 Å². The van der Waals surface area contributed by atoms with Crippen molar-refractivity contribution in [1.82, 2.24) is 5.32 Å². The first kappa shape index (κ1) is 12.6. The van der Waals surface area contributed by atoms with E-state index in [1.807, 2.05) is 11.4 Å². The molecule has 1 aromatic rings. The molecule has 2 unspecified atom stereocenters. The molecule has 3 nitrogen and oxygen atoms in total. The molecular formula is C13H20N2OS. The molecular weight excluding hydrogens is 232 g/mol. The van der Waals surface area contributed by atoms with Crippen molar-refractivity contribution in [3.05, 3.63) is 22.4 Å². The maximum absolute atomic E-state index is 12.1. The first-order chi connectivity index (χ1) is 8.31. The number of hydrogen-bond donors (Lipinski definition) is 2. The number of hydrogen-bond acceptors (Lipinski definition) is 3. The van der Waals surface area contributed by atoms with Crippen LogP contribution in [0.3, 0.4) is 0 Å². The van der Waals surface area contributed by atoms with E-state index in [1.54, 1.807) is 11.3 Å². The van der Waals surface area contributed by atoms with Gasteiger partial charge in [0, 0.05) is 12.5 Å². The van der Waals surface area contributed by atoms with E-state index in [0.29, 0.717) is 19.0 Å². The molecule has 0 spiro atoms. The highest BCUT2D eigenvalue weighted by Gasteiger charge is 2.29. The van der Waals surface area contributed by atoms with Gasteiger partial charge in [0.1, 0.15) is 0 Å². The molecule has 2 rings (SSSR count). The zero-order valence-corrected chi connectivity index (χ0v) is 10.8. The fourth-order valence-corrected chi connectivity index (χ4v) is 3.22. The lowest BCUT2D eigenvalue weighted by atomic mass is 9.79. The van der Waals surface area contributed by atoms with Crippen molar-refractivity contribution in [2.24, 2.45) is 17.6 Å². The van der Waals surface area contributed by atoms with E-state index in [9.17, 15) is 4.79 Å². The van der Waals surface area contributed by atoms with Crippen molar-refractivity contribution in [2.75, 3.05) is 6.54 Å². The number of carbonyl (C=O) groups excluding carboxylic acids is 1. The summed E-state index contributed by atoms with van der Waals surface area (Å²) in [6.07, 6.45) is 4.48. The number of rotatable bonds is 4. The molecule has 1 aromatic heterocycles. The van der Waals surface area contributed by atoms with Gasteiger partial charge in [-0.2, -0.15) is 11.3 Å². The average molecular weight is 252 g/mol. The van der Waals surface area contributed by atoms with Gasteiger partial charge in [0.25, 0.3) is 0 Å². The van der Waals surface area contributed by atoms with Gasteiger partial charge in [-0.1, -0.05) is 12.8 Å². The molecule has 1 amide bonds. The molecule has 0 aliphatic heterocycles. The molecule has 1 heterocycles. The summed E-state index contributed by atoms with van der Waals surface area (Å²) >= 11 is 1.66. The molecule has 2 atom stereocenters. The van der Waals surface area contributed by atoms with Crippen LogP contribution in [0.4, 0.5) is 0 Å². The van der Waals surface area contributed by atoms with Gasteiger partial charge >= 0.3 is 0 Å². The molecule has 1 fully saturated rings. The van der Waals surface area contributed by atoms with Crippen LogP contribution in [0.15, 0.2) is 16.8 Å². The smallest absolute Gasteiger partial charge is 0.223 e. The molecule has 3 N–H and O–H groups in total. The maximum atomic E-state index is 12.1. The van der Waals surface area contributed by atoms with Crippen LogP contribution in [0, 0.1) is 11.8 Å². The van der Waals surface area contributed by atoms with Crippen LogP contribution in [0.2, 0.25) is 0 Å². The highest BCUT2D eigenvalue weighted by atomic mass is 32.1. The summed E-state index contributed by atoms with van der Waals surface area (Å²) in [6, 6.07) is 2.05. The van der Waals surface area contributed by atoms with Crippen LogP contribution in [0.5, 0.6) is 0 Å². The van der Waals surface area contributed by atoms with Crippen molar-refractivity contribution in [1.29, 1.82) is 0 Å². The third kappa shape index (κ3) is 3.30. The second kappa shape index (κ2) is 6.17. The normalized spacial score (nSPS) is 24.5. The first-order valence-corrected chi connectivity index (χ1v) is 7.24.